The van der Waals surface area contributed by atoms with Crippen molar-refractivity contribution in [2.24, 2.45) is 5.73 Å². The monoisotopic (exact) mass is 229 g/mol. The summed E-state index contributed by atoms with van der Waals surface area (Å²) in [6, 6.07) is 9.02. The Morgan fingerprint density at radius 1 is 1.29 bits per heavy atom. The van der Waals surface area contributed by atoms with Crippen molar-refractivity contribution in [3.8, 4) is 0 Å². The lowest BCUT2D eigenvalue weighted by molar-refractivity contribution is 0.604. The van der Waals surface area contributed by atoms with Crippen LogP contribution in [0.25, 0.3) is 0 Å². The standard InChI is InChI=1S/C16H23N/c1-13-6-5-7-14(12-13)10-11-16(17)15-8-3-2-4-9-15/h5-8,12,16H,2-4,9-11,17H2,1H3. The van der Waals surface area contributed by atoms with Crippen LogP contribution < -0.4 is 5.73 Å². The van der Waals surface area contributed by atoms with Crippen LogP contribution in [0.1, 0.15) is 43.2 Å². The highest BCUT2D eigenvalue weighted by atomic mass is 14.6. The summed E-state index contributed by atoms with van der Waals surface area (Å²) in [5.74, 6) is 0. The van der Waals surface area contributed by atoms with E-state index in [2.05, 4.69) is 37.3 Å². The minimum Gasteiger partial charge on any atom is -0.324 e. The van der Waals surface area contributed by atoms with Crippen LogP contribution >= 0.6 is 0 Å². The maximum atomic E-state index is 6.27. The normalized spacial score (nSPS) is 17.6. The molecule has 1 nitrogen and oxygen atoms in total. The Labute approximate surface area is 105 Å². The van der Waals surface area contributed by atoms with Gasteiger partial charge in [0.05, 0.1) is 0 Å². The molecule has 1 aliphatic rings. The number of rotatable bonds is 4. The van der Waals surface area contributed by atoms with Gasteiger partial charge in [-0.2, -0.15) is 0 Å². The molecule has 1 aromatic carbocycles. The Hall–Kier alpha value is -1.08. The fourth-order valence-corrected chi connectivity index (χ4v) is 2.57. The fraction of sp³-hybridized carbons (Fsp3) is 0.500. The summed E-state index contributed by atoms with van der Waals surface area (Å²) in [4.78, 5) is 0. The van der Waals surface area contributed by atoms with Gasteiger partial charge in [-0.25, -0.2) is 0 Å². The van der Waals surface area contributed by atoms with Gasteiger partial charge < -0.3 is 5.73 Å². The molecule has 0 radical (unpaired) electrons. The summed E-state index contributed by atoms with van der Waals surface area (Å²) in [5.41, 5.74) is 10.5. The van der Waals surface area contributed by atoms with Crippen LogP contribution in [-0.2, 0) is 6.42 Å². The van der Waals surface area contributed by atoms with Gasteiger partial charge in [0.25, 0.3) is 0 Å². The van der Waals surface area contributed by atoms with E-state index < -0.39 is 0 Å². The first-order valence-electron chi connectivity index (χ1n) is 6.76. The van der Waals surface area contributed by atoms with Crippen LogP contribution in [0.2, 0.25) is 0 Å². The highest BCUT2D eigenvalue weighted by Gasteiger charge is 2.11. The zero-order valence-electron chi connectivity index (χ0n) is 10.8. The van der Waals surface area contributed by atoms with E-state index in [9.17, 15) is 0 Å². The molecule has 0 saturated carbocycles. The summed E-state index contributed by atoms with van der Waals surface area (Å²) in [5, 5.41) is 0. The highest BCUT2D eigenvalue weighted by molar-refractivity contribution is 5.23. The molecule has 0 heterocycles. The molecular weight excluding hydrogens is 206 g/mol. The zero-order chi connectivity index (χ0) is 12.1. The lowest BCUT2D eigenvalue weighted by atomic mass is 9.91. The fourth-order valence-electron chi connectivity index (χ4n) is 2.57. The van der Waals surface area contributed by atoms with Gasteiger partial charge in [0.2, 0.25) is 0 Å². The molecule has 1 aliphatic carbocycles. The smallest absolute Gasteiger partial charge is 0.0256 e. The number of nitrogens with two attached hydrogens (primary N) is 1. The number of aryl methyl sites for hydroxylation is 2. The zero-order valence-corrected chi connectivity index (χ0v) is 10.8. The molecule has 0 aliphatic heterocycles. The molecule has 0 aromatic heterocycles. The van der Waals surface area contributed by atoms with Crippen molar-refractivity contribution in [2.45, 2.75) is 51.5 Å². The molecule has 1 atom stereocenters. The van der Waals surface area contributed by atoms with Gasteiger partial charge in [-0.3, -0.25) is 0 Å². The molecule has 0 bridgehead atoms. The summed E-state index contributed by atoms with van der Waals surface area (Å²) in [6.45, 7) is 2.15. The third kappa shape index (κ3) is 3.71. The van der Waals surface area contributed by atoms with E-state index in [1.54, 1.807) is 0 Å². The van der Waals surface area contributed by atoms with Gasteiger partial charge in [0.15, 0.2) is 0 Å². The van der Waals surface area contributed by atoms with Gasteiger partial charge in [-0.15, -0.1) is 0 Å². The number of benzene rings is 1. The lowest BCUT2D eigenvalue weighted by Gasteiger charge is -2.19. The van der Waals surface area contributed by atoms with E-state index in [1.807, 2.05) is 0 Å². The second-order valence-corrected chi connectivity index (χ2v) is 5.16. The summed E-state index contributed by atoms with van der Waals surface area (Å²) >= 11 is 0. The Morgan fingerprint density at radius 3 is 2.88 bits per heavy atom. The third-order valence-electron chi connectivity index (χ3n) is 3.63. The molecule has 1 aromatic rings. The molecule has 2 rings (SSSR count). The first kappa shape index (κ1) is 12.4. The molecule has 92 valence electrons. The van der Waals surface area contributed by atoms with Crippen LogP contribution in [0, 0.1) is 6.92 Å². The average Bonchev–Trinajstić information content (AvgIpc) is 2.37. The van der Waals surface area contributed by atoms with Crippen LogP contribution in [0.15, 0.2) is 35.9 Å². The molecular formula is C16H23N. The van der Waals surface area contributed by atoms with E-state index in [-0.39, 0.29) is 6.04 Å². The first-order valence-corrected chi connectivity index (χ1v) is 6.76. The molecule has 2 N–H and O–H groups in total. The second-order valence-electron chi connectivity index (χ2n) is 5.16. The van der Waals surface area contributed by atoms with Crippen LogP contribution in [0.5, 0.6) is 0 Å². The Bertz CT molecular complexity index is 392. The van der Waals surface area contributed by atoms with E-state index >= 15 is 0 Å². The summed E-state index contributed by atoms with van der Waals surface area (Å²) < 4.78 is 0. The molecule has 0 spiro atoms. The van der Waals surface area contributed by atoms with E-state index in [0.717, 1.165) is 12.8 Å². The van der Waals surface area contributed by atoms with Crippen molar-refractivity contribution >= 4 is 0 Å². The Kier molecular flexibility index (Phi) is 4.38. The van der Waals surface area contributed by atoms with Crippen molar-refractivity contribution in [3.63, 3.8) is 0 Å². The number of allylic oxidation sites excluding steroid dienone is 1. The molecule has 0 amide bonds. The van der Waals surface area contributed by atoms with Crippen molar-refractivity contribution in [1.29, 1.82) is 0 Å². The van der Waals surface area contributed by atoms with Crippen molar-refractivity contribution in [1.82, 2.24) is 0 Å². The van der Waals surface area contributed by atoms with Gasteiger partial charge in [0.1, 0.15) is 0 Å². The van der Waals surface area contributed by atoms with Gasteiger partial charge in [-0.05, 0) is 51.0 Å². The molecule has 17 heavy (non-hydrogen) atoms. The number of hydrogen-bond donors (Lipinski definition) is 1. The molecule has 1 heteroatoms. The molecule has 0 saturated heterocycles. The van der Waals surface area contributed by atoms with Crippen molar-refractivity contribution in [2.75, 3.05) is 0 Å². The van der Waals surface area contributed by atoms with E-state index in [4.69, 9.17) is 5.73 Å². The van der Waals surface area contributed by atoms with Gasteiger partial charge in [0, 0.05) is 6.04 Å². The maximum Gasteiger partial charge on any atom is 0.0256 e. The Morgan fingerprint density at radius 2 is 2.18 bits per heavy atom. The number of hydrogen-bond acceptors (Lipinski definition) is 1. The molecule has 0 fully saturated rings. The first-order chi connectivity index (χ1) is 8.25. The summed E-state index contributed by atoms with van der Waals surface area (Å²) in [6.07, 6.45) is 9.65. The minimum absolute atomic E-state index is 0.274. The quantitative estimate of drug-likeness (QED) is 0.782. The SMILES string of the molecule is Cc1cccc(CCC(N)C2=CCCCC2)c1. The van der Waals surface area contributed by atoms with Gasteiger partial charge >= 0.3 is 0 Å². The summed E-state index contributed by atoms with van der Waals surface area (Å²) in [7, 11) is 0. The van der Waals surface area contributed by atoms with Gasteiger partial charge in [-0.1, -0.05) is 41.5 Å². The largest absolute Gasteiger partial charge is 0.324 e. The van der Waals surface area contributed by atoms with Crippen molar-refractivity contribution in [3.05, 3.63) is 47.0 Å². The average molecular weight is 229 g/mol. The van der Waals surface area contributed by atoms with Crippen molar-refractivity contribution < 1.29 is 0 Å². The van der Waals surface area contributed by atoms with Crippen LogP contribution in [0.3, 0.4) is 0 Å². The van der Waals surface area contributed by atoms with E-state index in [0.29, 0.717) is 0 Å². The maximum absolute atomic E-state index is 6.27. The lowest BCUT2D eigenvalue weighted by Crippen LogP contribution is -2.24. The molecule has 1 unspecified atom stereocenters. The topological polar surface area (TPSA) is 26.0 Å². The third-order valence-corrected chi connectivity index (χ3v) is 3.63. The Balaban J connectivity index is 1.87. The van der Waals surface area contributed by atoms with Crippen LogP contribution in [0.4, 0.5) is 0 Å². The van der Waals surface area contributed by atoms with E-state index in [1.165, 1.54) is 42.4 Å². The predicted molar refractivity (Wildman–Crippen MR) is 74.0 cm³/mol. The van der Waals surface area contributed by atoms with Crippen LogP contribution in [-0.4, -0.2) is 6.04 Å². The minimum atomic E-state index is 0.274. The predicted octanol–water partition coefficient (Wildman–Crippen LogP) is 3.76. The highest BCUT2D eigenvalue weighted by Crippen LogP contribution is 2.21. The second kappa shape index (κ2) is 6.02.